The Hall–Kier alpha value is -0.910. The van der Waals surface area contributed by atoms with Gasteiger partial charge in [-0.15, -0.1) is 0 Å². The second-order valence-electron chi connectivity index (χ2n) is 3.86. The molecule has 5 nitrogen and oxygen atoms in total. The number of esters is 1. The van der Waals surface area contributed by atoms with Crippen molar-refractivity contribution in [1.82, 2.24) is 0 Å². The van der Waals surface area contributed by atoms with E-state index in [1.54, 1.807) is 0 Å². The Bertz CT molecular complexity index is 262. The Morgan fingerprint density at radius 2 is 2.00 bits per heavy atom. The molecule has 0 saturated heterocycles. The van der Waals surface area contributed by atoms with Crippen LogP contribution in [0.3, 0.4) is 0 Å². The molecule has 1 N–H and O–H groups in total. The summed E-state index contributed by atoms with van der Waals surface area (Å²) in [5.74, 6) is -1.07. The topological polar surface area (TPSA) is 80.7 Å². The summed E-state index contributed by atoms with van der Waals surface area (Å²) in [5.41, 5.74) is 0. The highest BCUT2D eigenvalue weighted by atomic mass is 32.2. The third-order valence-electron chi connectivity index (χ3n) is 1.62. The zero-order valence-corrected chi connectivity index (χ0v) is 10.4. The minimum absolute atomic E-state index is 0.0210. The van der Waals surface area contributed by atoms with Crippen LogP contribution < -0.4 is 0 Å². The van der Waals surface area contributed by atoms with Crippen molar-refractivity contribution in [2.24, 2.45) is 5.92 Å². The van der Waals surface area contributed by atoms with Gasteiger partial charge in [0, 0.05) is 23.0 Å². The minimum Gasteiger partial charge on any atom is -0.481 e. The van der Waals surface area contributed by atoms with Gasteiger partial charge in [-0.25, -0.2) is 0 Å². The summed E-state index contributed by atoms with van der Waals surface area (Å²) in [6, 6.07) is 0. The summed E-state index contributed by atoms with van der Waals surface area (Å²) in [5, 5.41) is 8.36. The van der Waals surface area contributed by atoms with Gasteiger partial charge in [0.2, 0.25) is 0 Å². The lowest BCUT2D eigenvalue weighted by Gasteiger charge is -2.06. The van der Waals surface area contributed by atoms with E-state index in [1.165, 1.54) is 0 Å². The van der Waals surface area contributed by atoms with E-state index < -0.39 is 22.7 Å². The Morgan fingerprint density at radius 1 is 1.38 bits per heavy atom. The van der Waals surface area contributed by atoms with Crippen molar-refractivity contribution in [3.8, 4) is 0 Å². The molecule has 0 rings (SSSR count). The summed E-state index contributed by atoms with van der Waals surface area (Å²) in [7, 11) is -1.32. The third-order valence-corrected chi connectivity index (χ3v) is 2.92. The van der Waals surface area contributed by atoms with Gasteiger partial charge in [-0.05, 0) is 12.3 Å². The van der Waals surface area contributed by atoms with E-state index in [0.29, 0.717) is 13.0 Å². The highest BCUT2D eigenvalue weighted by Gasteiger charge is 2.10. The Balaban J connectivity index is 3.62. The van der Waals surface area contributed by atoms with Crippen LogP contribution in [-0.2, 0) is 25.1 Å². The van der Waals surface area contributed by atoms with Crippen molar-refractivity contribution >= 4 is 22.7 Å². The number of carbonyl (C=O) groups excluding carboxylic acids is 1. The monoisotopic (exact) mass is 250 g/mol. The molecular weight excluding hydrogens is 232 g/mol. The molecule has 0 radical (unpaired) electrons. The average Bonchev–Trinajstić information content (AvgIpc) is 2.14. The third kappa shape index (κ3) is 9.64. The van der Waals surface area contributed by atoms with E-state index >= 15 is 0 Å². The maximum absolute atomic E-state index is 11.3. The maximum Gasteiger partial charge on any atom is 0.318 e. The largest absolute Gasteiger partial charge is 0.481 e. The molecule has 1 unspecified atom stereocenters. The van der Waals surface area contributed by atoms with Crippen LogP contribution in [0.1, 0.15) is 26.7 Å². The number of carboxylic acid groups (broad SMARTS) is 1. The van der Waals surface area contributed by atoms with Gasteiger partial charge < -0.3 is 9.84 Å². The molecule has 0 aliphatic heterocycles. The molecule has 0 aromatic carbocycles. The molecule has 0 heterocycles. The van der Waals surface area contributed by atoms with Crippen LogP contribution in [0.15, 0.2) is 0 Å². The zero-order valence-electron chi connectivity index (χ0n) is 9.60. The maximum atomic E-state index is 11.3. The highest BCUT2D eigenvalue weighted by molar-refractivity contribution is 7.85. The number of ether oxygens (including phenoxy) is 1. The molecule has 0 aromatic rings. The normalized spacial score (nSPS) is 12.4. The lowest BCUT2D eigenvalue weighted by molar-refractivity contribution is -0.141. The number of carboxylic acids is 1. The van der Waals surface area contributed by atoms with Crippen molar-refractivity contribution in [3.63, 3.8) is 0 Å². The first-order valence-electron chi connectivity index (χ1n) is 5.14. The van der Waals surface area contributed by atoms with E-state index in [0.717, 1.165) is 0 Å². The van der Waals surface area contributed by atoms with Gasteiger partial charge in [0.15, 0.2) is 0 Å². The molecule has 1 atom stereocenters. The number of carbonyl (C=O) groups is 2. The molecule has 6 heteroatoms. The van der Waals surface area contributed by atoms with Gasteiger partial charge in [0.05, 0.1) is 6.61 Å². The molecule has 0 fully saturated rings. The lowest BCUT2D eigenvalue weighted by Crippen LogP contribution is -2.18. The lowest BCUT2D eigenvalue weighted by atomic mass is 10.2. The van der Waals surface area contributed by atoms with E-state index in [2.05, 4.69) is 0 Å². The zero-order chi connectivity index (χ0) is 12.6. The van der Waals surface area contributed by atoms with Crippen molar-refractivity contribution in [2.45, 2.75) is 26.7 Å². The second-order valence-corrected chi connectivity index (χ2v) is 5.44. The van der Waals surface area contributed by atoms with Gasteiger partial charge in [-0.3, -0.25) is 13.8 Å². The summed E-state index contributed by atoms with van der Waals surface area (Å²) in [6.07, 6.45) is 0.298. The standard InChI is InChI=1S/C10H18O5S/c1-8(2)6-15-10(13)7-16(14)5-3-4-9(11)12/h8H,3-7H2,1-2H3,(H,11,12). The number of aliphatic carboxylic acids is 1. The smallest absolute Gasteiger partial charge is 0.318 e. The van der Waals surface area contributed by atoms with Gasteiger partial charge >= 0.3 is 11.9 Å². The van der Waals surface area contributed by atoms with Crippen LogP contribution in [0.25, 0.3) is 0 Å². The van der Waals surface area contributed by atoms with Crippen LogP contribution in [0.5, 0.6) is 0 Å². The predicted molar refractivity (Wildman–Crippen MR) is 60.5 cm³/mol. The fourth-order valence-corrected chi connectivity index (χ4v) is 1.85. The first-order chi connectivity index (χ1) is 7.41. The van der Waals surface area contributed by atoms with Crippen LogP contribution in [0.2, 0.25) is 0 Å². The Morgan fingerprint density at radius 3 is 2.50 bits per heavy atom. The van der Waals surface area contributed by atoms with Crippen LogP contribution in [-0.4, -0.2) is 39.4 Å². The van der Waals surface area contributed by atoms with E-state index in [-0.39, 0.29) is 23.8 Å². The van der Waals surface area contributed by atoms with Crippen molar-refractivity contribution in [2.75, 3.05) is 18.1 Å². The molecule has 0 saturated carbocycles. The fourth-order valence-electron chi connectivity index (χ4n) is 0.889. The quantitative estimate of drug-likeness (QED) is 0.644. The Kier molecular flexibility index (Phi) is 7.80. The second kappa shape index (κ2) is 8.27. The van der Waals surface area contributed by atoms with Gasteiger partial charge in [-0.2, -0.15) is 0 Å². The molecule has 0 spiro atoms. The van der Waals surface area contributed by atoms with Crippen LogP contribution in [0, 0.1) is 5.92 Å². The number of hydrogen-bond acceptors (Lipinski definition) is 4. The molecule has 0 aliphatic rings. The van der Waals surface area contributed by atoms with Gasteiger partial charge in [-0.1, -0.05) is 13.8 Å². The summed E-state index contributed by atoms with van der Waals surface area (Å²) >= 11 is 0. The van der Waals surface area contributed by atoms with Crippen molar-refractivity contribution in [1.29, 1.82) is 0 Å². The van der Waals surface area contributed by atoms with Crippen LogP contribution in [0.4, 0.5) is 0 Å². The molecule has 0 bridgehead atoms. The van der Waals surface area contributed by atoms with E-state index in [1.807, 2.05) is 13.8 Å². The van der Waals surface area contributed by atoms with Gasteiger partial charge in [0.25, 0.3) is 0 Å². The van der Waals surface area contributed by atoms with Crippen LogP contribution >= 0.6 is 0 Å². The number of rotatable bonds is 8. The minimum atomic E-state index is -1.32. The molecule has 0 amide bonds. The van der Waals surface area contributed by atoms with E-state index in [4.69, 9.17) is 9.84 Å². The molecule has 94 valence electrons. The van der Waals surface area contributed by atoms with Crippen molar-refractivity contribution < 1.29 is 23.6 Å². The van der Waals surface area contributed by atoms with Crippen molar-refractivity contribution in [3.05, 3.63) is 0 Å². The summed E-state index contributed by atoms with van der Waals surface area (Å²) in [4.78, 5) is 21.3. The number of hydrogen-bond donors (Lipinski definition) is 1. The first kappa shape index (κ1) is 15.1. The first-order valence-corrected chi connectivity index (χ1v) is 6.63. The summed E-state index contributed by atoms with van der Waals surface area (Å²) in [6.45, 7) is 4.15. The van der Waals surface area contributed by atoms with Gasteiger partial charge in [0.1, 0.15) is 5.75 Å². The average molecular weight is 250 g/mol. The highest BCUT2D eigenvalue weighted by Crippen LogP contribution is 1.97. The molecule has 16 heavy (non-hydrogen) atoms. The molecule has 0 aliphatic carbocycles. The Labute approximate surface area is 97.6 Å². The molecule has 0 aromatic heterocycles. The summed E-state index contributed by atoms with van der Waals surface area (Å²) < 4.78 is 16.2. The fraction of sp³-hybridized carbons (Fsp3) is 0.800. The molecular formula is C10H18O5S. The van der Waals surface area contributed by atoms with E-state index in [9.17, 15) is 13.8 Å². The predicted octanol–water partition coefficient (Wildman–Crippen LogP) is 0.799. The SMILES string of the molecule is CC(C)COC(=O)CS(=O)CCCC(=O)O.